The standard InChI is InChI=1S/C19H28O3/c1-17-8-5-13(20)11-12(17)3-4-15-14(17)6-9-18(2)16(21)7-10-19(15,18)22/h11,14-16,21-22H,3-10H2,1-2H3/t14-,15+,16-,17+,18-,19+/m1/s1. The van der Waals surface area contributed by atoms with Crippen molar-refractivity contribution < 1.29 is 15.0 Å². The third-order valence-electron chi connectivity index (χ3n) is 8.10. The maximum Gasteiger partial charge on any atom is 0.155 e. The zero-order valence-electron chi connectivity index (χ0n) is 13.8. The largest absolute Gasteiger partial charge is 0.392 e. The Morgan fingerprint density at radius 1 is 1.05 bits per heavy atom. The SMILES string of the molecule is C[C@]12CCC(=O)C=C1CC[C@H]1[C@H]2CC[C@]2(C)[C@H](O)CC[C@]12O. The third-order valence-corrected chi connectivity index (χ3v) is 8.10. The van der Waals surface area contributed by atoms with Gasteiger partial charge in [-0.1, -0.05) is 19.4 Å². The van der Waals surface area contributed by atoms with Crippen LogP contribution in [0.25, 0.3) is 0 Å². The first-order valence-corrected chi connectivity index (χ1v) is 8.96. The summed E-state index contributed by atoms with van der Waals surface area (Å²) in [6, 6.07) is 0. The van der Waals surface area contributed by atoms with E-state index < -0.39 is 5.60 Å². The van der Waals surface area contributed by atoms with Crippen LogP contribution in [0.15, 0.2) is 11.6 Å². The van der Waals surface area contributed by atoms with Gasteiger partial charge in [0.15, 0.2) is 5.78 Å². The maximum absolute atomic E-state index is 11.8. The van der Waals surface area contributed by atoms with E-state index in [0.29, 0.717) is 12.3 Å². The highest BCUT2D eigenvalue weighted by molar-refractivity contribution is 5.91. The van der Waals surface area contributed by atoms with E-state index in [4.69, 9.17) is 0 Å². The Kier molecular flexibility index (Phi) is 3.01. The molecule has 4 rings (SSSR count). The van der Waals surface area contributed by atoms with Crippen molar-refractivity contribution in [3.63, 3.8) is 0 Å². The fourth-order valence-corrected chi connectivity index (χ4v) is 6.50. The van der Waals surface area contributed by atoms with E-state index in [9.17, 15) is 15.0 Å². The lowest BCUT2D eigenvalue weighted by atomic mass is 9.46. The highest BCUT2D eigenvalue weighted by atomic mass is 16.3. The quantitative estimate of drug-likeness (QED) is 0.723. The van der Waals surface area contributed by atoms with E-state index in [2.05, 4.69) is 13.8 Å². The summed E-state index contributed by atoms with van der Waals surface area (Å²) in [6.45, 7) is 4.42. The van der Waals surface area contributed by atoms with E-state index in [1.165, 1.54) is 5.57 Å². The van der Waals surface area contributed by atoms with Crippen LogP contribution >= 0.6 is 0 Å². The monoisotopic (exact) mass is 304 g/mol. The van der Waals surface area contributed by atoms with E-state index in [1.807, 2.05) is 6.08 Å². The van der Waals surface area contributed by atoms with Gasteiger partial charge < -0.3 is 10.2 Å². The first-order chi connectivity index (χ1) is 10.3. The molecular formula is C19H28O3. The Morgan fingerprint density at radius 3 is 2.59 bits per heavy atom. The maximum atomic E-state index is 11.8. The van der Waals surface area contributed by atoms with Crippen molar-refractivity contribution in [3.8, 4) is 0 Å². The average molecular weight is 304 g/mol. The Morgan fingerprint density at radius 2 is 1.82 bits per heavy atom. The zero-order chi connectivity index (χ0) is 15.8. The molecule has 3 heteroatoms. The summed E-state index contributed by atoms with van der Waals surface area (Å²) in [6.07, 6.45) is 8.49. The molecule has 0 aromatic heterocycles. The van der Waals surface area contributed by atoms with Gasteiger partial charge in [0.2, 0.25) is 0 Å². The minimum absolute atomic E-state index is 0.0848. The third kappa shape index (κ3) is 1.62. The molecule has 122 valence electrons. The van der Waals surface area contributed by atoms with Crippen LogP contribution in [-0.4, -0.2) is 27.7 Å². The number of aliphatic hydroxyl groups excluding tert-OH is 1. The van der Waals surface area contributed by atoms with Gasteiger partial charge in [-0.3, -0.25) is 4.79 Å². The normalized spacial score (nSPS) is 54.3. The number of ketones is 1. The smallest absolute Gasteiger partial charge is 0.155 e. The molecule has 0 bridgehead atoms. The van der Waals surface area contributed by atoms with Crippen molar-refractivity contribution in [1.29, 1.82) is 0 Å². The van der Waals surface area contributed by atoms with Crippen LogP contribution in [0.2, 0.25) is 0 Å². The fourth-order valence-electron chi connectivity index (χ4n) is 6.50. The molecular weight excluding hydrogens is 276 g/mol. The van der Waals surface area contributed by atoms with Crippen LogP contribution in [0.5, 0.6) is 0 Å². The van der Waals surface area contributed by atoms with Gasteiger partial charge in [-0.25, -0.2) is 0 Å². The Balaban J connectivity index is 1.74. The second-order valence-electron chi connectivity index (χ2n) is 8.74. The number of aliphatic hydroxyl groups is 2. The van der Waals surface area contributed by atoms with Crippen molar-refractivity contribution in [3.05, 3.63) is 11.6 Å². The number of hydrogen-bond acceptors (Lipinski definition) is 3. The van der Waals surface area contributed by atoms with Crippen molar-refractivity contribution in [2.24, 2.45) is 22.7 Å². The molecule has 4 aliphatic carbocycles. The van der Waals surface area contributed by atoms with E-state index in [-0.39, 0.29) is 28.6 Å². The topological polar surface area (TPSA) is 57.5 Å². The molecule has 0 heterocycles. The highest BCUT2D eigenvalue weighted by Gasteiger charge is 2.66. The summed E-state index contributed by atoms with van der Waals surface area (Å²) >= 11 is 0. The molecule has 6 atom stereocenters. The molecule has 0 saturated heterocycles. The molecule has 3 saturated carbocycles. The van der Waals surface area contributed by atoms with Gasteiger partial charge in [-0.05, 0) is 68.3 Å². The molecule has 0 spiro atoms. The van der Waals surface area contributed by atoms with E-state index in [0.717, 1.165) is 44.9 Å². The molecule has 3 fully saturated rings. The average Bonchev–Trinajstić information content (AvgIpc) is 2.72. The molecule has 22 heavy (non-hydrogen) atoms. The number of allylic oxidation sites excluding steroid dienone is 1. The van der Waals surface area contributed by atoms with Crippen molar-refractivity contribution in [1.82, 2.24) is 0 Å². The molecule has 0 aromatic carbocycles. The second-order valence-corrected chi connectivity index (χ2v) is 8.74. The molecule has 3 nitrogen and oxygen atoms in total. The van der Waals surface area contributed by atoms with Gasteiger partial charge >= 0.3 is 0 Å². The molecule has 0 amide bonds. The molecule has 0 radical (unpaired) electrons. The van der Waals surface area contributed by atoms with Gasteiger partial charge in [0.1, 0.15) is 0 Å². The molecule has 0 aromatic rings. The lowest BCUT2D eigenvalue weighted by Crippen LogP contribution is -2.61. The minimum Gasteiger partial charge on any atom is -0.392 e. The van der Waals surface area contributed by atoms with Gasteiger partial charge in [-0.15, -0.1) is 0 Å². The second kappa shape index (κ2) is 4.45. The fraction of sp³-hybridized carbons (Fsp3) is 0.842. The number of hydrogen-bond donors (Lipinski definition) is 2. The first-order valence-electron chi connectivity index (χ1n) is 8.96. The van der Waals surface area contributed by atoms with Crippen LogP contribution < -0.4 is 0 Å². The summed E-state index contributed by atoms with van der Waals surface area (Å²) in [5.41, 5.74) is 0.360. The number of carbonyl (C=O) groups excluding carboxylic acids is 1. The molecule has 4 aliphatic rings. The Bertz CT molecular complexity index is 553. The molecule has 0 unspecified atom stereocenters. The van der Waals surface area contributed by atoms with Crippen molar-refractivity contribution >= 4 is 5.78 Å². The van der Waals surface area contributed by atoms with Crippen LogP contribution in [0.1, 0.15) is 65.2 Å². The summed E-state index contributed by atoms with van der Waals surface area (Å²) in [5, 5.41) is 22.0. The molecule has 2 N–H and O–H groups in total. The zero-order valence-corrected chi connectivity index (χ0v) is 13.8. The van der Waals surface area contributed by atoms with Crippen molar-refractivity contribution in [2.75, 3.05) is 0 Å². The highest BCUT2D eigenvalue weighted by Crippen LogP contribution is 2.66. The number of carbonyl (C=O) groups is 1. The summed E-state index contributed by atoms with van der Waals surface area (Å²) in [4.78, 5) is 11.8. The van der Waals surface area contributed by atoms with Gasteiger partial charge in [0, 0.05) is 11.8 Å². The van der Waals surface area contributed by atoms with Gasteiger partial charge in [0.25, 0.3) is 0 Å². The predicted octanol–water partition coefficient (Wildman–Crippen LogP) is 2.99. The summed E-state index contributed by atoms with van der Waals surface area (Å²) < 4.78 is 0. The van der Waals surface area contributed by atoms with Crippen LogP contribution in [-0.2, 0) is 4.79 Å². The lowest BCUT2D eigenvalue weighted by Gasteiger charge is -2.61. The van der Waals surface area contributed by atoms with E-state index in [1.54, 1.807) is 0 Å². The number of fused-ring (bicyclic) bond motifs is 5. The Hall–Kier alpha value is -0.670. The van der Waals surface area contributed by atoms with Gasteiger partial charge in [-0.2, -0.15) is 0 Å². The summed E-state index contributed by atoms with van der Waals surface area (Å²) in [5.74, 6) is 1.02. The Labute approximate surface area is 132 Å². The summed E-state index contributed by atoms with van der Waals surface area (Å²) in [7, 11) is 0. The number of rotatable bonds is 0. The van der Waals surface area contributed by atoms with Crippen LogP contribution in [0.3, 0.4) is 0 Å². The lowest BCUT2D eigenvalue weighted by molar-refractivity contribution is -0.192. The van der Waals surface area contributed by atoms with E-state index >= 15 is 0 Å². The van der Waals surface area contributed by atoms with Crippen LogP contribution in [0, 0.1) is 22.7 Å². The molecule has 0 aliphatic heterocycles. The van der Waals surface area contributed by atoms with Gasteiger partial charge in [0.05, 0.1) is 11.7 Å². The predicted molar refractivity (Wildman–Crippen MR) is 84.2 cm³/mol. The minimum atomic E-state index is -0.717. The first kappa shape index (κ1) is 14.9. The van der Waals surface area contributed by atoms with Crippen molar-refractivity contribution in [2.45, 2.75) is 76.9 Å². The van der Waals surface area contributed by atoms with Crippen LogP contribution in [0.4, 0.5) is 0 Å².